The van der Waals surface area contributed by atoms with Crippen molar-refractivity contribution in [1.29, 1.82) is 0 Å². The normalized spacial score (nSPS) is 17.2. The predicted octanol–water partition coefficient (Wildman–Crippen LogP) is 0.745. The monoisotopic (exact) mass is 149 g/mol. The van der Waals surface area contributed by atoms with Crippen molar-refractivity contribution in [2.24, 2.45) is 5.84 Å². The molecule has 0 spiro atoms. The molecule has 1 aromatic rings. The second-order valence-corrected chi connectivity index (χ2v) is 2.74. The van der Waals surface area contributed by atoms with Crippen molar-refractivity contribution in [2.45, 2.75) is 6.54 Å². The first kappa shape index (κ1) is 6.64. The third kappa shape index (κ3) is 1.20. The van der Waals surface area contributed by atoms with Crippen LogP contribution in [0, 0.1) is 0 Å². The molecule has 0 amide bonds. The molecule has 11 heavy (non-hydrogen) atoms. The average molecular weight is 149 g/mol. The Morgan fingerprint density at radius 1 is 1.36 bits per heavy atom. The molecule has 0 saturated heterocycles. The fourth-order valence-corrected chi connectivity index (χ4v) is 1.29. The molecule has 1 heterocycles. The lowest BCUT2D eigenvalue weighted by Gasteiger charge is -2.25. The number of nitrogens with two attached hydrogens (primary N) is 1. The van der Waals surface area contributed by atoms with E-state index in [-0.39, 0.29) is 0 Å². The van der Waals surface area contributed by atoms with Gasteiger partial charge in [-0.25, -0.2) is 5.01 Å². The molecule has 0 aromatic heterocycles. The van der Waals surface area contributed by atoms with Gasteiger partial charge in [-0.2, -0.15) is 0 Å². The van der Waals surface area contributed by atoms with Crippen LogP contribution >= 0.6 is 0 Å². The molecule has 1 aliphatic rings. The second kappa shape index (κ2) is 2.53. The summed E-state index contributed by atoms with van der Waals surface area (Å²) in [6, 6.07) is 8.21. The molecule has 0 fully saturated rings. The number of para-hydroxylation sites is 1. The largest absolute Gasteiger partial charge is 0.371 e. The van der Waals surface area contributed by atoms with Gasteiger partial charge in [-0.3, -0.25) is 5.84 Å². The van der Waals surface area contributed by atoms with E-state index in [0.29, 0.717) is 0 Å². The summed E-state index contributed by atoms with van der Waals surface area (Å²) in [6.45, 7) is 1.57. The molecule has 0 aliphatic carbocycles. The highest BCUT2D eigenvalue weighted by Gasteiger charge is 2.10. The maximum atomic E-state index is 5.62. The van der Waals surface area contributed by atoms with E-state index in [1.54, 1.807) is 5.01 Å². The van der Waals surface area contributed by atoms with Crippen LogP contribution in [0.25, 0.3) is 0 Å². The van der Waals surface area contributed by atoms with Crippen molar-refractivity contribution >= 4 is 5.69 Å². The molecule has 0 saturated carbocycles. The molecule has 2 rings (SSSR count). The zero-order valence-electron chi connectivity index (χ0n) is 6.25. The minimum atomic E-state index is 0.733. The lowest BCUT2D eigenvalue weighted by Crippen LogP contribution is -2.38. The van der Waals surface area contributed by atoms with E-state index in [2.05, 4.69) is 17.4 Å². The zero-order chi connectivity index (χ0) is 7.68. The predicted molar refractivity (Wildman–Crippen MR) is 44.7 cm³/mol. The van der Waals surface area contributed by atoms with Crippen molar-refractivity contribution in [3.63, 3.8) is 0 Å². The molecular weight excluding hydrogens is 138 g/mol. The van der Waals surface area contributed by atoms with Crippen LogP contribution in [0.4, 0.5) is 5.69 Å². The molecule has 58 valence electrons. The molecule has 3 N–H and O–H groups in total. The van der Waals surface area contributed by atoms with Gasteiger partial charge in [0.25, 0.3) is 0 Å². The van der Waals surface area contributed by atoms with E-state index < -0.39 is 0 Å². The molecule has 1 aromatic carbocycles. The summed E-state index contributed by atoms with van der Waals surface area (Å²) in [5.41, 5.74) is 2.47. The SMILES string of the molecule is NN1CNc2ccccc2C1. The highest BCUT2D eigenvalue weighted by atomic mass is 15.4. The Morgan fingerprint density at radius 2 is 2.18 bits per heavy atom. The highest BCUT2D eigenvalue weighted by molar-refractivity contribution is 5.52. The Bertz CT molecular complexity index is 259. The molecule has 0 unspecified atom stereocenters. The van der Waals surface area contributed by atoms with Crippen LogP contribution in [0.2, 0.25) is 0 Å². The van der Waals surface area contributed by atoms with E-state index in [9.17, 15) is 0 Å². The van der Waals surface area contributed by atoms with Gasteiger partial charge in [0.15, 0.2) is 0 Å². The first-order valence-corrected chi connectivity index (χ1v) is 3.68. The van der Waals surface area contributed by atoms with E-state index in [0.717, 1.165) is 13.2 Å². The quantitative estimate of drug-likeness (QED) is 0.535. The Labute approximate surface area is 65.8 Å². The lowest BCUT2D eigenvalue weighted by atomic mass is 10.1. The molecule has 0 atom stereocenters. The van der Waals surface area contributed by atoms with Gasteiger partial charge < -0.3 is 5.32 Å². The summed E-state index contributed by atoms with van der Waals surface area (Å²) in [5.74, 6) is 5.62. The average Bonchev–Trinajstić information content (AvgIpc) is 2.04. The van der Waals surface area contributed by atoms with Crippen molar-refractivity contribution in [3.8, 4) is 0 Å². The standard InChI is InChI=1S/C8H11N3/c9-11-5-7-3-1-2-4-8(7)10-6-11/h1-4,10H,5-6,9H2. The third-order valence-electron chi connectivity index (χ3n) is 1.86. The van der Waals surface area contributed by atoms with E-state index in [1.807, 2.05) is 12.1 Å². The fraction of sp³-hybridized carbons (Fsp3) is 0.250. The van der Waals surface area contributed by atoms with Gasteiger partial charge in [0, 0.05) is 12.2 Å². The Balaban J connectivity index is 2.34. The lowest BCUT2D eigenvalue weighted by molar-refractivity contribution is 0.286. The smallest absolute Gasteiger partial charge is 0.0813 e. The minimum Gasteiger partial charge on any atom is -0.371 e. The van der Waals surface area contributed by atoms with Crippen molar-refractivity contribution in [1.82, 2.24) is 5.01 Å². The van der Waals surface area contributed by atoms with Crippen LogP contribution in [0.3, 0.4) is 0 Å². The Kier molecular flexibility index (Phi) is 1.52. The number of anilines is 1. The van der Waals surface area contributed by atoms with Crippen molar-refractivity contribution in [2.75, 3.05) is 12.0 Å². The summed E-state index contributed by atoms with van der Waals surface area (Å²) in [5, 5.41) is 4.97. The maximum absolute atomic E-state index is 5.62. The zero-order valence-corrected chi connectivity index (χ0v) is 6.25. The third-order valence-corrected chi connectivity index (χ3v) is 1.86. The van der Waals surface area contributed by atoms with Gasteiger partial charge in [0.2, 0.25) is 0 Å². The number of rotatable bonds is 0. The number of nitrogens with zero attached hydrogens (tertiary/aromatic N) is 1. The Hall–Kier alpha value is -1.06. The number of nitrogens with one attached hydrogen (secondary N) is 1. The van der Waals surface area contributed by atoms with E-state index in [1.165, 1.54) is 11.3 Å². The van der Waals surface area contributed by atoms with Crippen LogP contribution in [0.5, 0.6) is 0 Å². The fourth-order valence-electron chi connectivity index (χ4n) is 1.29. The van der Waals surface area contributed by atoms with Gasteiger partial charge in [0.05, 0.1) is 6.67 Å². The maximum Gasteiger partial charge on any atom is 0.0813 e. The first-order valence-electron chi connectivity index (χ1n) is 3.68. The van der Waals surface area contributed by atoms with Crippen LogP contribution in [-0.2, 0) is 6.54 Å². The van der Waals surface area contributed by atoms with Crippen LogP contribution < -0.4 is 11.2 Å². The van der Waals surface area contributed by atoms with Crippen LogP contribution in [0.15, 0.2) is 24.3 Å². The summed E-state index contributed by atoms with van der Waals surface area (Å²) in [7, 11) is 0. The molecular formula is C8H11N3. The minimum absolute atomic E-state index is 0.733. The summed E-state index contributed by atoms with van der Waals surface area (Å²) < 4.78 is 0. The number of hydrazine groups is 1. The van der Waals surface area contributed by atoms with Crippen molar-refractivity contribution in [3.05, 3.63) is 29.8 Å². The van der Waals surface area contributed by atoms with E-state index in [4.69, 9.17) is 5.84 Å². The van der Waals surface area contributed by atoms with Crippen LogP contribution in [-0.4, -0.2) is 11.7 Å². The molecule has 3 nitrogen and oxygen atoms in total. The Morgan fingerprint density at radius 3 is 3.09 bits per heavy atom. The molecule has 1 aliphatic heterocycles. The number of fused-ring (bicyclic) bond motifs is 1. The number of benzene rings is 1. The van der Waals surface area contributed by atoms with Gasteiger partial charge in [0.1, 0.15) is 0 Å². The number of hydrogen-bond acceptors (Lipinski definition) is 3. The number of hydrogen-bond donors (Lipinski definition) is 2. The molecule has 0 radical (unpaired) electrons. The van der Waals surface area contributed by atoms with Gasteiger partial charge in [-0.15, -0.1) is 0 Å². The van der Waals surface area contributed by atoms with Crippen LogP contribution in [0.1, 0.15) is 5.56 Å². The highest BCUT2D eigenvalue weighted by Crippen LogP contribution is 2.19. The second-order valence-electron chi connectivity index (χ2n) is 2.74. The van der Waals surface area contributed by atoms with Gasteiger partial charge >= 0.3 is 0 Å². The molecule has 0 bridgehead atoms. The van der Waals surface area contributed by atoms with Crippen molar-refractivity contribution < 1.29 is 0 Å². The summed E-state index contributed by atoms with van der Waals surface area (Å²) in [4.78, 5) is 0. The van der Waals surface area contributed by atoms with Gasteiger partial charge in [-0.05, 0) is 11.6 Å². The first-order chi connectivity index (χ1) is 5.36. The summed E-state index contributed by atoms with van der Waals surface area (Å²) >= 11 is 0. The van der Waals surface area contributed by atoms with Gasteiger partial charge in [-0.1, -0.05) is 18.2 Å². The summed E-state index contributed by atoms with van der Waals surface area (Å²) in [6.07, 6.45) is 0. The molecule has 3 heteroatoms. The van der Waals surface area contributed by atoms with E-state index >= 15 is 0 Å². The topological polar surface area (TPSA) is 41.3 Å².